The molecule has 8 heteroatoms. The highest BCUT2D eigenvalue weighted by molar-refractivity contribution is 6.33. The summed E-state index contributed by atoms with van der Waals surface area (Å²) >= 11 is 6.21. The molecule has 128 valence electrons. The maximum atomic E-state index is 9.78. The molecular weight excluding hydrogens is 332 g/mol. The number of nitrogens with one attached hydrogen (secondary N) is 1. The van der Waals surface area contributed by atoms with Crippen LogP contribution in [0.2, 0.25) is 5.02 Å². The van der Waals surface area contributed by atoms with Gasteiger partial charge in [0.25, 0.3) is 0 Å². The molecular formula is C16H19ClN4O3. The van der Waals surface area contributed by atoms with E-state index in [9.17, 15) is 5.21 Å². The lowest BCUT2D eigenvalue weighted by atomic mass is 10.3. The zero-order chi connectivity index (χ0) is 16.9. The highest BCUT2D eigenvalue weighted by Crippen LogP contribution is 2.27. The molecule has 0 atom stereocenters. The second kappa shape index (κ2) is 7.57. The SMILES string of the molecule is COc1ccc(Cl)c(NC2=NCCN2OCC2=CC=CCN2O)c1. The van der Waals surface area contributed by atoms with Gasteiger partial charge >= 0.3 is 0 Å². The maximum Gasteiger partial charge on any atom is 0.223 e. The molecule has 0 saturated carbocycles. The summed E-state index contributed by atoms with van der Waals surface area (Å²) in [7, 11) is 1.60. The number of aliphatic imine (C=N–C) groups is 1. The first-order valence-electron chi connectivity index (χ1n) is 7.55. The molecule has 0 fully saturated rings. The number of halogens is 1. The minimum absolute atomic E-state index is 0.243. The van der Waals surface area contributed by atoms with E-state index < -0.39 is 0 Å². The predicted octanol–water partition coefficient (Wildman–Crippen LogP) is 2.51. The Morgan fingerprint density at radius 3 is 3.08 bits per heavy atom. The van der Waals surface area contributed by atoms with E-state index in [1.54, 1.807) is 30.4 Å². The Bertz CT molecular complexity index is 690. The van der Waals surface area contributed by atoms with Gasteiger partial charge in [-0.05, 0) is 18.2 Å². The van der Waals surface area contributed by atoms with Crippen LogP contribution in [0, 0.1) is 0 Å². The highest BCUT2D eigenvalue weighted by Gasteiger charge is 2.20. The summed E-state index contributed by atoms with van der Waals surface area (Å²) in [6, 6.07) is 5.34. The molecule has 0 unspecified atom stereocenters. The number of rotatable bonds is 5. The van der Waals surface area contributed by atoms with Crippen molar-refractivity contribution in [3.05, 3.63) is 47.1 Å². The fourth-order valence-corrected chi connectivity index (χ4v) is 2.48. The summed E-state index contributed by atoms with van der Waals surface area (Å²) in [6.07, 6.45) is 5.56. The van der Waals surface area contributed by atoms with Crippen LogP contribution in [0.25, 0.3) is 0 Å². The van der Waals surface area contributed by atoms with Crippen molar-refractivity contribution in [3.8, 4) is 5.75 Å². The molecule has 0 aromatic heterocycles. The third-order valence-electron chi connectivity index (χ3n) is 3.62. The number of hydroxylamine groups is 4. The second-order valence-corrected chi connectivity index (χ2v) is 5.63. The molecule has 24 heavy (non-hydrogen) atoms. The van der Waals surface area contributed by atoms with Gasteiger partial charge < -0.3 is 10.1 Å². The number of anilines is 1. The van der Waals surface area contributed by atoms with E-state index in [0.29, 0.717) is 47.8 Å². The fourth-order valence-electron chi connectivity index (χ4n) is 2.32. The number of hydrogen-bond acceptors (Lipinski definition) is 7. The molecule has 0 saturated heterocycles. The number of hydrogen-bond donors (Lipinski definition) is 2. The normalized spacial score (nSPS) is 17.0. The van der Waals surface area contributed by atoms with E-state index >= 15 is 0 Å². The van der Waals surface area contributed by atoms with Gasteiger partial charge in [0.2, 0.25) is 5.96 Å². The van der Waals surface area contributed by atoms with E-state index in [1.165, 1.54) is 0 Å². The molecule has 2 aliphatic heterocycles. The van der Waals surface area contributed by atoms with E-state index in [1.807, 2.05) is 18.2 Å². The van der Waals surface area contributed by atoms with Crippen LogP contribution in [0.1, 0.15) is 0 Å². The van der Waals surface area contributed by atoms with Crippen molar-refractivity contribution >= 4 is 23.2 Å². The number of guanidine groups is 1. The summed E-state index contributed by atoms with van der Waals surface area (Å²) < 4.78 is 5.21. The van der Waals surface area contributed by atoms with Crippen LogP contribution in [0.5, 0.6) is 5.75 Å². The van der Waals surface area contributed by atoms with Crippen LogP contribution < -0.4 is 10.1 Å². The molecule has 7 nitrogen and oxygen atoms in total. The predicted molar refractivity (Wildman–Crippen MR) is 92.3 cm³/mol. The molecule has 2 N–H and O–H groups in total. The van der Waals surface area contributed by atoms with E-state index in [2.05, 4.69) is 10.3 Å². The minimum Gasteiger partial charge on any atom is -0.497 e. The van der Waals surface area contributed by atoms with Gasteiger partial charge in [0.1, 0.15) is 12.4 Å². The largest absolute Gasteiger partial charge is 0.497 e. The first-order chi connectivity index (χ1) is 11.7. The smallest absolute Gasteiger partial charge is 0.223 e. The molecule has 1 aromatic rings. The van der Waals surface area contributed by atoms with Crippen LogP contribution in [-0.4, -0.2) is 54.6 Å². The van der Waals surface area contributed by atoms with Crippen LogP contribution in [-0.2, 0) is 4.84 Å². The van der Waals surface area contributed by atoms with Gasteiger partial charge in [0.15, 0.2) is 0 Å². The minimum atomic E-state index is 0.243. The Morgan fingerprint density at radius 1 is 1.42 bits per heavy atom. The number of benzene rings is 1. The van der Waals surface area contributed by atoms with Crippen LogP contribution in [0.15, 0.2) is 47.1 Å². The summed E-state index contributed by atoms with van der Waals surface area (Å²) in [5.74, 6) is 1.27. The third-order valence-corrected chi connectivity index (χ3v) is 3.95. The number of allylic oxidation sites excluding steroid dienone is 2. The topological polar surface area (TPSA) is 69.6 Å². The van der Waals surface area contributed by atoms with Crippen molar-refractivity contribution in [2.75, 3.05) is 38.7 Å². The van der Waals surface area contributed by atoms with Gasteiger partial charge in [-0.2, -0.15) is 0 Å². The standard InChI is InChI=1S/C16H19ClN4O3/c1-23-13-5-6-14(17)15(10-13)19-16-18-7-9-21(16)24-11-12-4-2-3-8-20(12)22/h2-6,10,22H,7-9,11H2,1H3,(H,18,19). The summed E-state index contributed by atoms with van der Waals surface area (Å²) in [4.78, 5) is 10.1. The monoisotopic (exact) mass is 350 g/mol. The molecule has 0 bridgehead atoms. The first-order valence-corrected chi connectivity index (χ1v) is 7.93. The highest BCUT2D eigenvalue weighted by atomic mass is 35.5. The zero-order valence-corrected chi connectivity index (χ0v) is 14.0. The lowest BCUT2D eigenvalue weighted by Crippen LogP contribution is -2.35. The lowest BCUT2D eigenvalue weighted by Gasteiger charge is -2.25. The second-order valence-electron chi connectivity index (χ2n) is 5.22. The Kier molecular flexibility index (Phi) is 5.24. The average molecular weight is 351 g/mol. The van der Waals surface area contributed by atoms with Gasteiger partial charge in [0, 0.05) is 6.07 Å². The van der Waals surface area contributed by atoms with Gasteiger partial charge in [0.05, 0.1) is 43.2 Å². The van der Waals surface area contributed by atoms with Gasteiger partial charge in [-0.25, -0.2) is 10.1 Å². The summed E-state index contributed by atoms with van der Waals surface area (Å²) in [5.41, 5.74) is 1.37. The summed E-state index contributed by atoms with van der Waals surface area (Å²) in [5, 5.41) is 16.3. The van der Waals surface area contributed by atoms with Crippen molar-refractivity contribution in [1.29, 1.82) is 0 Å². The van der Waals surface area contributed by atoms with Gasteiger partial charge in [-0.1, -0.05) is 23.8 Å². The van der Waals surface area contributed by atoms with E-state index in [0.717, 1.165) is 5.06 Å². The Hall–Kier alpha value is -2.22. The van der Waals surface area contributed by atoms with Gasteiger partial charge in [-0.15, -0.1) is 0 Å². The fraction of sp³-hybridized carbons (Fsp3) is 0.312. The van der Waals surface area contributed by atoms with E-state index in [4.69, 9.17) is 21.2 Å². The third kappa shape index (κ3) is 3.81. The molecule has 2 aliphatic rings. The van der Waals surface area contributed by atoms with Gasteiger partial charge in [-0.3, -0.25) is 15.1 Å². The molecule has 0 amide bonds. The molecule has 0 radical (unpaired) electrons. The molecule has 3 rings (SSSR count). The number of methoxy groups -OCH3 is 1. The van der Waals surface area contributed by atoms with Crippen molar-refractivity contribution in [3.63, 3.8) is 0 Å². The number of nitrogens with zero attached hydrogens (tertiary/aromatic N) is 3. The Balaban J connectivity index is 1.63. The molecule has 0 spiro atoms. The molecule has 1 aromatic carbocycles. The van der Waals surface area contributed by atoms with Crippen LogP contribution >= 0.6 is 11.6 Å². The maximum absolute atomic E-state index is 9.78. The average Bonchev–Trinajstić information content (AvgIpc) is 3.03. The van der Waals surface area contributed by atoms with Crippen LogP contribution in [0.3, 0.4) is 0 Å². The van der Waals surface area contributed by atoms with Crippen LogP contribution in [0.4, 0.5) is 5.69 Å². The number of ether oxygens (including phenoxy) is 1. The molecule has 2 heterocycles. The Labute approximate surface area is 145 Å². The Morgan fingerprint density at radius 2 is 2.29 bits per heavy atom. The molecule has 0 aliphatic carbocycles. The zero-order valence-electron chi connectivity index (χ0n) is 13.3. The lowest BCUT2D eigenvalue weighted by molar-refractivity contribution is -0.114. The van der Waals surface area contributed by atoms with Crippen molar-refractivity contribution in [2.24, 2.45) is 4.99 Å². The first kappa shape index (κ1) is 16.6. The van der Waals surface area contributed by atoms with Crippen molar-refractivity contribution < 1.29 is 14.8 Å². The van der Waals surface area contributed by atoms with Crippen molar-refractivity contribution in [2.45, 2.75) is 0 Å². The quantitative estimate of drug-likeness (QED) is 0.850. The van der Waals surface area contributed by atoms with Crippen molar-refractivity contribution in [1.82, 2.24) is 10.1 Å². The summed E-state index contributed by atoms with van der Waals surface area (Å²) in [6.45, 7) is 1.94. The van der Waals surface area contributed by atoms with E-state index in [-0.39, 0.29) is 6.61 Å².